The number of allylic oxidation sites excluding steroid dienone is 2. The third-order valence-corrected chi connectivity index (χ3v) is 5.32. The van der Waals surface area contributed by atoms with E-state index in [1.165, 1.54) is 11.1 Å². The number of aryl methyl sites for hydroxylation is 1. The first-order valence-corrected chi connectivity index (χ1v) is 9.18. The van der Waals surface area contributed by atoms with E-state index in [4.69, 9.17) is 11.6 Å². The first-order chi connectivity index (χ1) is 12.0. The molecule has 2 nitrogen and oxygen atoms in total. The van der Waals surface area contributed by atoms with Crippen molar-refractivity contribution in [1.82, 2.24) is 0 Å². The summed E-state index contributed by atoms with van der Waals surface area (Å²) in [6.45, 7) is 6.42. The molecule has 1 N–H and O–H groups in total. The largest absolute Gasteiger partial charge is 0.357 e. The van der Waals surface area contributed by atoms with Crippen LogP contribution in [-0.2, 0) is 4.79 Å². The molecule has 130 valence electrons. The smallest absolute Gasteiger partial charge is 0.176 e. The molecule has 0 fully saturated rings. The van der Waals surface area contributed by atoms with E-state index < -0.39 is 0 Å². The number of nitrogens with one attached hydrogen (secondary N) is 1. The van der Waals surface area contributed by atoms with Crippen molar-refractivity contribution >= 4 is 23.1 Å². The Morgan fingerprint density at radius 2 is 1.80 bits per heavy atom. The molecule has 1 aliphatic carbocycles. The van der Waals surface area contributed by atoms with E-state index in [0.29, 0.717) is 17.4 Å². The van der Waals surface area contributed by atoms with Crippen LogP contribution in [0.25, 0.3) is 0 Å². The van der Waals surface area contributed by atoms with Crippen molar-refractivity contribution in [1.29, 1.82) is 0 Å². The zero-order valence-corrected chi connectivity index (χ0v) is 15.7. The number of hydrogen-bond acceptors (Lipinski definition) is 2. The number of anilines is 1. The molecule has 2 aromatic rings. The summed E-state index contributed by atoms with van der Waals surface area (Å²) in [6, 6.07) is 16.6. The number of hydrogen-bond donors (Lipinski definition) is 1. The molecule has 25 heavy (non-hydrogen) atoms. The predicted molar refractivity (Wildman–Crippen MR) is 105 cm³/mol. The lowest BCUT2D eigenvalue weighted by Gasteiger charge is -2.26. The van der Waals surface area contributed by atoms with Crippen molar-refractivity contribution in [3.05, 3.63) is 76.0 Å². The Morgan fingerprint density at radius 3 is 2.48 bits per heavy atom. The number of carbonyl (C=O) groups is 1. The maximum atomic E-state index is 12.4. The van der Waals surface area contributed by atoms with Crippen molar-refractivity contribution in [2.24, 2.45) is 0 Å². The molecule has 3 heteroatoms. The van der Waals surface area contributed by atoms with Gasteiger partial charge < -0.3 is 5.32 Å². The third-order valence-electron chi connectivity index (χ3n) is 4.88. The Kier molecular flexibility index (Phi) is 5.29. The summed E-state index contributed by atoms with van der Waals surface area (Å²) in [5.41, 5.74) is 5.46. The quantitative estimate of drug-likeness (QED) is 0.716. The molecule has 0 radical (unpaired) electrons. The molecule has 0 aromatic heterocycles. The molecule has 1 aliphatic rings. The molecular weight excluding hydrogens is 330 g/mol. The van der Waals surface area contributed by atoms with E-state index >= 15 is 0 Å². The molecule has 0 aliphatic heterocycles. The highest BCUT2D eigenvalue weighted by Gasteiger charge is 2.28. The Balaban J connectivity index is 1.89. The van der Waals surface area contributed by atoms with Gasteiger partial charge >= 0.3 is 0 Å². The highest BCUT2D eigenvalue weighted by atomic mass is 35.5. The lowest BCUT2D eigenvalue weighted by Crippen LogP contribution is -2.20. The molecule has 0 bridgehead atoms. The van der Waals surface area contributed by atoms with E-state index in [1.807, 2.05) is 18.2 Å². The zero-order valence-electron chi connectivity index (χ0n) is 15.0. The van der Waals surface area contributed by atoms with E-state index in [9.17, 15) is 4.79 Å². The molecule has 0 saturated carbocycles. The van der Waals surface area contributed by atoms with Gasteiger partial charge in [-0.1, -0.05) is 67.9 Å². The van der Waals surface area contributed by atoms with Gasteiger partial charge in [0.15, 0.2) is 5.78 Å². The van der Waals surface area contributed by atoms with E-state index in [1.54, 1.807) is 0 Å². The highest BCUT2D eigenvalue weighted by molar-refractivity contribution is 6.43. The maximum absolute atomic E-state index is 12.4. The molecule has 0 heterocycles. The first-order valence-electron chi connectivity index (χ1n) is 8.80. The van der Waals surface area contributed by atoms with Gasteiger partial charge in [-0.3, -0.25) is 4.79 Å². The van der Waals surface area contributed by atoms with Gasteiger partial charge in [-0.05, 0) is 47.9 Å². The van der Waals surface area contributed by atoms with Crippen molar-refractivity contribution in [2.45, 2.75) is 45.4 Å². The van der Waals surface area contributed by atoms with Gasteiger partial charge in [0.1, 0.15) is 5.03 Å². The van der Waals surface area contributed by atoms with Crippen molar-refractivity contribution < 1.29 is 4.79 Å². The normalized spacial score (nSPS) is 18.0. The van der Waals surface area contributed by atoms with Crippen molar-refractivity contribution in [3.8, 4) is 0 Å². The van der Waals surface area contributed by atoms with E-state index in [-0.39, 0.29) is 11.7 Å². The Bertz CT molecular complexity index is 808. The lowest BCUT2D eigenvalue weighted by atomic mass is 9.85. The molecule has 0 unspecified atom stereocenters. The number of halogens is 1. The van der Waals surface area contributed by atoms with Crippen LogP contribution in [-0.4, -0.2) is 5.78 Å². The molecule has 1 atom stereocenters. The second-order valence-corrected chi connectivity index (χ2v) is 7.46. The van der Waals surface area contributed by atoms with Crippen molar-refractivity contribution in [2.75, 3.05) is 5.32 Å². The third kappa shape index (κ3) is 3.96. The van der Waals surface area contributed by atoms with Crippen LogP contribution in [0.15, 0.2) is 59.3 Å². The first kappa shape index (κ1) is 17.8. The van der Waals surface area contributed by atoms with Crippen LogP contribution in [0, 0.1) is 6.92 Å². The lowest BCUT2D eigenvalue weighted by molar-refractivity contribution is -0.115. The minimum atomic E-state index is 0.0157. The predicted octanol–water partition coefficient (Wildman–Crippen LogP) is 6.13. The fourth-order valence-electron chi connectivity index (χ4n) is 3.25. The highest BCUT2D eigenvalue weighted by Crippen LogP contribution is 2.37. The van der Waals surface area contributed by atoms with Crippen LogP contribution >= 0.6 is 11.6 Å². The topological polar surface area (TPSA) is 29.1 Å². The minimum absolute atomic E-state index is 0.0157. The molecule has 3 rings (SSSR count). The van der Waals surface area contributed by atoms with Gasteiger partial charge in [0.05, 0.1) is 0 Å². The maximum Gasteiger partial charge on any atom is 0.176 e. The fourth-order valence-corrected chi connectivity index (χ4v) is 3.45. The SMILES string of the molecule is Cc1ccc(C(C)C)cc1NC1=C(Cl)C(=O)C[C@H](c2ccccc2)C1. The second-order valence-electron chi connectivity index (χ2n) is 7.09. The summed E-state index contributed by atoms with van der Waals surface area (Å²) >= 11 is 6.36. The number of Topliss-reactive ketones (excluding diaryl/α,β-unsaturated/α-hetero) is 1. The molecule has 2 aromatic carbocycles. The van der Waals surface area contributed by atoms with Crippen LogP contribution in [0.2, 0.25) is 0 Å². The van der Waals surface area contributed by atoms with Gasteiger partial charge in [0, 0.05) is 17.8 Å². The Hall–Kier alpha value is -2.06. The summed E-state index contributed by atoms with van der Waals surface area (Å²) < 4.78 is 0. The van der Waals surface area contributed by atoms with Crippen LogP contribution in [0.5, 0.6) is 0 Å². The van der Waals surface area contributed by atoms with Gasteiger partial charge in [0.25, 0.3) is 0 Å². The summed E-state index contributed by atoms with van der Waals surface area (Å²) in [7, 11) is 0. The fraction of sp³-hybridized carbons (Fsp3) is 0.318. The molecule has 0 saturated heterocycles. The summed E-state index contributed by atoms with van der Waals surface area (Å²) in [5.74, 6) is 0.643. The Labute approximate surface area is 154 Å². The summed E-state index contributed by atoms with van der Waals surface area (Å²) in [4.78, 5) is 12.4. The molecular formula is C22H24ClNO. The zero-order chi connectivity index (χ0) is 18.0. The molecule has 0 spiro atoms. The van der Waals surface area contributed by atoms with Gasteiger partial charge in [-0.15, -0.1) is 0 Å². The number of benzene rings is 2. The van der Waals surface area contributed by atoms with E-state index in [2.05, 4.69) is 56.4 Å². The summed E-state index contributed by atoms with van der Waals surface area (Å²) in [5, 5.41) is 3.80. The monoisotopic (exact) mass is 353 g/mol. The van der Waals surface area contributed by atoms with Crippen LogP contribution in [0.3, 0.4) is 0 Å². The average molecular weight is 354 g/mol. The van der Waals surface area contributed by atoms with Crippen LogP contribution < -0.4 is 5.32 Å². The van der Waals surface area contributed by atoms with Gasteiger partial charge in [-0.25, -0.2) is 0 Å². The number of rotatable bonds is 4. The standard InChI is InChI=1S/C22H24ClNO/c1-14(2)17-10-9-15(3)19(11-17)24-20-12-18(13-21(25)22(20)23)16-7-5-4-6-8-16/h4-11,14,18,24H,12-13H2,1-3H3/t18-/m1/s1. The van der Waals surface area contributed by atoms with Crippen LogP contribution in [0.4, 0.5) is 5.69 Å². The second kappa shape index (κ2) is 7.45. The van der Waals surface area contributed by atoms with Gasteiger partial charge in [-0.2, -0.15) is 0 Å². The van der Waals surface area contributed by atoms with Crippen LogP contribution in [0.1, 0.15) is 55.2 Å². The minimum Gasteiger partial charge on any atom is -0.357 e. The van der Waals surface area contributed by atoms with Crippen molar-refractivity contribution in [3.63, 3.8) is 0 Å². The van der Waals surface area contributed by atoms with Gasteiger partial charge in [0.2, 0.25) is 0 Å². The number of ketones is 1. The Morgan fingerprint density at radius 1 is 1.08 bits per heavy atom. The van der Waals surface area contributed by atoms with E-state index in [0.717, 1.165) is 23.4 Å². The molecule has 0 amide bonds. The number of carbonyl (C=O) groups excluding carboxylic acids is 1. The summed E-state index contributed by atoms with van der Waals surface area (Å²) in [6.07, 6.45) is 1.22. The average Bonchev–Trinajstić information content (AvgIpc) is 2.61.